The zero-order valence-corrected chi connectivity index (χ0v) is 21.1. The number of carbonyl (C=O) groups excluding carboxylic acids is 1. The van der Waals surface area contributed by atoms with Gasteiger partial charge in [0.2, 0.25) is 11.9 Å². The molecular formula is C26H33N7O3. The minimum absolute atomic E-state index is 0.0109. The van der Waals surface area contributed by atoms with Crippen LogP contribution in [-0.2, 0) is 11.2 Å². The third kappa shape index (κ3) is 6.45. The lowest BCUT2D eigenvalue weighted by atomic mass is 10.0. The molecule has 0 saturated carbocycles. The van der Waals surface area contributed by atoms with E-state index in [9.17, 15) is 14.4 Å². The average Bonchev–Trinajstić information content (AvgIpc) is 2.82. The van der Waals surface area contributed by atoms with Crippen LogP contribution in [0.3, 0.4) is 0 Å². The van der Waals surface area contributed by atoms with Crippen LogP contribution in [0, 0.1) is 0 Å². The van der Waals surface area contributed by atoms with Crippen LogP contribution >= 0.6 is 0 Å². The fourth-order valence-corrected chi connectivity index (χ4v) is 4.13. The van der Waals surface area contributed by atoms with E-state index >= 15 is 0 Å². The van der Waals surface area contributed by atoms with Crippen molar-refractivity contribution in [1.82, 2.24) is 20.2 Å². The van der Waals surface area contributed by atoms with Gasteiger partial charge in [-0.25, -0.2) is 4.98 Å². The average molecular weight is 492 g/mol. The van der Waals surface area contributed by atoms with Crippen LogP contribution in [0.15, 0.2) is 46.1 Å². The Morgan fingerprint density at radius 3 is 2.50 bits per heavy atom. The van der Waals surface area contributed by atoms with Crippen molar-refractivity contribution in [3.05, 3.63) is 62.5 Å². The highest BCUT2D eigenvalue weighted by Crippen LogP contribution is 2.23. The number of amides is 1. The highest BCUT2D eigenvalue weighted by Gasteiger charge is 2.25. The maximum Gasteiger partial charge on any atom is 0.253 e. The number of anilines is 5. The second-order valence-electron chi connectivity index (χ2n) is 10.3. The molecule has 2 heterocycles. The Balaban J connectivity index is 1.39. The molecule has 10 nitrogen and oxygen atoms in total. The zero-order chi connectivity index (χ0) is 25.9. The Morgan fingerprint density at radius 2 is 1.78 bits per heavy atom. The smallest absolute Gasteiger partial charge is 0.253 e. The van der Waals surface area contributed by atoms with E-state index in [1.807, 2.05) is 45.0 Å². The number of aromatic nitrogens is 2. The quantitative estimate of drug-likeness (QED) is 0.351. The lowest BCUT2D eigenvalue weighted by molar-refractivity contribution is -0.121. The summed E-state index contributed by atoms with van der Waals surface area (Å²) in [7, 11) is 2.10. The molecule has 1 amide bonds. The van der Waals surface area contributed by atoms with E-state index in [1.165, 1.54) is 0 Å². The van der Waals surface area contributed by atoms with Crippen molar-refractivity contribution >= 4 is 34.7 Å². The lowest BCUT2D eigenvalue weighted by Gasteiger charge is -2.29. The molecule has 0 spiro atoms. The van der Waals surface area contributed by atoms with Crippen molar-refractivity contribution in [2.24, 2.45) is 0 Å². The van der Waals surface area contributed by atoms with Gasteiger partial charge in [0.05, 0.1) is 6.42 Å². The number of hydrogen-bond donors (Lipinski definition) is 4. The second kappa shape index (κ2) is 10.4. The van der Waals surface area contributed by atoms with Crippen LogP contribution in [0.1, 0.15) is 39.2 Å². The van der Waals surface area contributed by atoms with Crippen molar-refractivity contribution in [2.75, 3.05) is 36.1 Å². The van der Waals surface area contributed by atoms with Gasteiger partial charge in [-0.15, -0.1) is 0 Å². The first-order valence-corrected chi connectivity index (χ1v) is 12.1. The Bertz CT molecular complexity index is 1300. The van der Waals surface area contributed by atoms with E-state index < -0.39 is 10.9 Å². The maximum absolute atomic E-state index is 12.5. The standard InChI is InChI=1S/C26H33N7O3/c1-26(2,3)32-22-21(23(35)24(22)36)30-19-8-11-27-25(31-19)29-18-7-5-6-16(14-18)15-20(34)28-17-9-12-33(4)13-10-17/h5-8,11,14,17,32H,9-10,12-13,15H2,1-4H3,(H,28,34)(H2,27,29,30,31). The molecule has 1 aromatic heterocycles. The normalized spacial score (nSPS) is 15.0. The van der Waals surface area contributed by atoms with Gasteiger partial charge < -0.3 is 26.2 Å². The Labute approximate surface area is 210 Å². The van der Waals surface area contributed by atoms with E-state index in [4.69, 9.17) is 0 Å². The maximum atomic E-state index is 12.5. The fraction of sp³-hybridized carbons (Fsp3) is 0.423. The summed E-state index contributed by atoms with van der Waals surface area (Å²) in [5, 5.41) is 12.3. The first-order chi connectivity index (χ1) is 17.1. The van der Waals surface area contributed by atoms with Gasteiger partial charge >= 0.3 is 0 Å². The number of nitrogens with one attached hydrogen (secondary N) is 4. The molecule has 0 bridgehead atoms. The molecular weight excluding hydrogens is 458 g/mol. The summed E-state index contributed by atoms with van der Waals surface area (Å²) in [5.74, 6) is 0.707. The Kier molecular flexibility index (Phi) is 7.35. The van der Waals surface area contributed by atoms with E-state index in [-0.39, 0.29) is 35.3 Å². The summed E-state index contributed by atoms with van der Waals surface area (Å²) in [5.41, 5.74) is 0.565. The first kappa shape index (κ1) is 25.3. The summed E-state index contributed by atoms with van der Waals surface area (Å²) >= 11 is 0. The van der Waals surface area contributed by atoms with E-state index in [0.717, 1.165) is 37.2 Å². The minimum Gasteiger partial charge on any atom is -0.375 e. The molecule has 2 aromatic carbocycles. The van der Waals surface area contributed by atoms with Crippen molar-refractivity contribution < 1.29 is 4.79 Å². The molecule has 0 aliphatic carbocycles. The summed E-state index contributed by atoms with van der Waals surface area (Å²) in [6.45, 7) is 7.72. The highest BCUT2D eigenvalue weighted by atomic mass is 16.2. The highest BCUT2D eigenvalue weighted by molar-refractivity contribution is 5.80. The van der Waals surface area contributed by atoms with Gasteiger partial charge in [-0.2, -0.15) is 4.98 Å². The predicted octanol–water partition coefficient (Wildman–Crippen LogP) is 2.52. The zero-order valence-electron chi connectivity index (χ0n) is 21.1. The van der Waals surface area contributed by atoms with Crippen LogP contribution in [0.2, 0.25) is 0 Å². The molecule has 4 N–H and O–H groups in total. The van der Waals surface area contributed by atoms with E-state index in [0.29, 0.717) is 11.8 Å². The topological polar surface area (TPSA) is 128 Å². The molecule has 4 rings (SSSR count). The molecule has 1 fully saturated rings. The van der Waals surface area contributed by atoms with Gasteiger partial charge in [0.15, 0.2) is 0 Å². The molecule has 0 radical (unpaired) electrons. The number of rotatable bonds is 8. The number of benzene rings is 1. The predicted molar refractivity (Wildman–Crippen MR) is 142 cm³/mol. The molecule has 3 aromatic rings. The van der Waals surface area contributed by atoms with Gasteiger partial charge in [0.25, 0.3) is 10.9 Å². The van der Waals surface area contributed by atoms with Crippen LogP contribution in [0.25, 0.3) is 0 Å². The number of piperidine rings is 1. The minimum atomic E-state index is -0.582. The summed E-state index contributed by atoms with van der Waals surface area (Å²) in [6, 6.07) is 9.38. The lowest BCUT2D eigenvalue weighted by Crippen LogP contribution is -2.43. The number of carbonyl (C=O) groups is 1. The number of nitrogens with zero attached hydrogens (tertiary/aromatic N) is 3. The molecule has 1 aliphatic heterocycles. The number of hydrogen-bond acceptors (Lipinski definition) is 9. The van der Waals surface area contributed by atoms with Gasteiger partial charge in [0.1, 0.15) is 17.2 Å². The van der Waals surface area contributed by atoms with Crippen LogP contribution in [0.5, 0.6) is 0 Å². The third-order valence-electron chi connectivity index (χ3n) is 5.95. The molecule has 0 unspecified atom stereocenters. The number of likely N-dealkylation sites (tertiary alicyclic amines) is 1. The molecule has 1 aliphatic rings. The molecule has 1 saturated heterocycles. The van der Waals surface area contributed by atoms with Crippen LogP contribution in [-0.4, -0.2) is 52.5 Å². The molecule has 190 valence electrons. The van der Waals surface area contributed by atoms with E-state index in [2.05, 4.69) is 43.2 Å². The Hall–Kier alpha value is -3.79. The SMILES string of the molecule is CN1CCC(NC(=O)Cc2cccc(Nc3nccc(Nc4c(NC(C)(C)C)c(=O)c4=O)n3)c2)CC1. The van der Waals surface area contributed by atoms with Crippen molar-refractivity contribution in [3.63, 3.8) is 0 Å². The van der Waals surface area contributed by atoms with Gasteiger partial charge in [-0.3, -0.25) is 14.4 Å². The summed E-state index contributed by atoms with van der Waals surface area (Å²) in [6.07, 6.45) is 3.78. The van der Waals surface area contributed by atoms with Gasteiger partial charge in [-0.05, 0) is 77.5 Å². The Morgan fingerprint density at radius 1 is 1.06 bits per heavy atom. The fourth-order valence-electron chi connectivity index (χ4n) is 4.13. The van der Waals surface area contributed by atoms with Crippen LogP contribution in [0.4, 0.5) is 28.8 Å². The van der Waals surface area contributed by atoms with Crippen molar-refractivity contribution in [1.29, 1.82) is 0 Å². The largest absolute Gasteiger partial charge is 0.375 e. The summed E-state index contributed by atoms with van der Waals surface area (Å²) in [4.78, 5) is 47.6. The third-order valence-corrected chi connectivity index (χ3v) is 5.95. The van der Waals surface area contributed by atoms with Crippen LogP contribution < -0.4 is 32.1 Å². The molecule has 10 heteroatoms. The van der Waals surface area contributed by atoms with Crippen molar-refractivity contribution in [2.45, 2.75) is 51.6 Å². The second-order valence-corrected chi connectivity index (χ2v) is 10.3. The van der Waals surface area contributed by atoms with Crippen molar-refractivity contribution in [3.8, 4) is 0 Å². The van der Waals surface area contributed by atoms with Gasteiger partial charge in [-0.1, -0.05) is 12.1 Å². The molecule has 0 atom stereocenters. The molecule has 36 heavy (non-hydrogen) atoms. The van der Waals surface area contributed by atoms with Gasteiger partial charge in [0, 0.05) is 23.5 Å². The monoisotopic (exact) mass is 491 g/mol. The first-order valence-electron chi connectivity index (χ1n) is 12.1. The summed E-state index contributed by atoms with van der Waals surface area (Å²) < 4.78 is 0. The van der Waals surface area contributed by atoms with E-state index in [1.54, 1.807) is 12.3 Å².